The Morgan fingerprint density at radius 2 is 1.93 bits per heavy atom. The number of hydrogen-bond donors (Lipinski definition) is 5. The van der Waals surface area contributed by atoms with Crippen LogP contribution in [-0.4, -0.2) is 100 Å². The molecular formula is C26H37N7O9S3. The summed E-state index contributed by atoms with van der Waals surface area (Å²) in [6.07, 6.45) is 3.76. The number of carbonyl (C=O) groups excluding carboxylic acids is 3. The second-order valence-electron chi connectivity index (χ2n) is 8.82. The fourth-order valence-corrected chi connectivity index (χ4v) is 3.98. The topological polar surface area (TPSA) is 228 Å². The van der Waals surface area contributed by atoms with Gasteiger partial charge in [0.2, 0.25) is 0 Å². The van der Waals surface area contributed by atoms with Crippen molar-refractivity contribution in [3.8, 4) is 0 Å². The molecule has 0 aliphatic carbocycles. The number of aliphatic carboxylic acids is 1. The molecule has 0 spiro atoms. The number of nitrogens with two attached hydrogens (primary N) is 1. The van der Waals surface area contributed by atoms with Gasteiger partial charge in [-0.05, 0) is 68.5 Å². The number of methoxy groups -OCH3 is 2. The number of rotatable bonds is 14. The molecule has 1 fully saturated rings. The molecular weight excluding hydrogens is 651 g/mol. The Kier molecular flexibility index (Phi) is 21.1. The van der Waals surface area contributed by atoms with Gasteiger partial charge in [0.25, 0.3) is 11.6 Å². The van der Waals surface area contributed by atoms with E-state index < -0.39 is 28.9 Å². The lowest BCUT2D eigenvalue weighted by Gasteiger charge is -2.18. The number of para-hydroxylation sites is 2. The summed E-state index contributed by atoms with van der Waals surface area (Å²) in [5, 5.41) is 29.7. The summed E-state index contributed by atoms with van der Waals surface area (Å²) >= 11 is 14.2. The predicted octanol–water partition coefficient (Wildman–Crippen LogP) is 1.58. The normalized spacial score (nSPS) is 13.7. The minimum atomic E-state index is -1.08. The number of nitrogens with zero attached hydrogens (tertiary/aromatic N) is 3. The summed E-state index contributed by atoms with van der Waals surface area (Å²) in [7, 11) is 2.62. The van der Waals surface area contributed by atoms with E-state index >= 15 is 0 Å². The first-order chi connectivity index (χ1) is 21.4. The number of amides is 1. The number of nitro benzene ring substituents is 1. The van der Waals surface area contributed by atoms with Gasteiger partial charge in [-0.1, -0.05) is 31.9 Å². The van der Waals surface area contributed by atoms with Gasteiger partial charge in [-0.2, -0.15) is 4.99 Å². The van der Waals surface area contributed by atoms with Crippen molar-refractivity contribution in [2.45, 2.75) is 51.1 Å². The summed E-state index contributed by atoms with van der Waals surface area (Å²) < 4.78 is 9.14. The zero-order valence-corrected chi connectivity index (χ0v) is 27.4. The number of thiocarbonyl (C=S) groups is 3. The van der Waals surface area contributed by atoms with Gasteiger partial charge in [-0.3, -0.25) is 29.4 Å². The quantitative estimate of drug-likeness (QED) is 0.0615. The highest BCUT2D eigenvalue weighted by Gasteiger charge is 2.35. The first kappa shape index (κ1) is 40.8. The van der Waals surface area contributed by atoms with Gasteiger partial charge in [0.15, 0.2) is 15.9 Å². The van der Waals surface area contributed by atoms with Crippen molar-refractivity contribution < 1.29 is 38.7 Å². The van der Waals surface area contributed by atoms with Gasteiger partial charge in [0.1, 0.15) is 25.2 Å². The van der Waals surface area contributed by atoms with Crippen LogP contribution in [-0.2, 0) is 28.7 Å². The van der Waals surface area contributed by atoms with Crippen molar-refractivity contribution in [3.05, 3.63) is 34.4 Å². The molecule has 1 aliphatic rings. The number of ether oxygens (including phenoxy) is 2. The maximum atomic E-state index is 11.6. The number of nitro groups is 1. The fraction of sp³-hybridized carbons (Fsp3) is 0.500. The molecule has 2 rings (SSSR count). The highest BCUT2D eigenvalue weighted by molar-refractivity contribution is 7.80. The van der Waals surface area contributed by atoms with E-state index in [9.17, 15) is 29.3 Å². The Hall–Kier alpha value is -4.16. The lowest BCUT2D eigenvalue weighted by atomic mass is 10.1. The van der Waals surface area contributed by atoms with Crippen LogP contribution in [0, 0.1) is 10.1 Å². The Bertz CT molecular complexity index is 1230. The number of isothiocyanates is 1. The van der Waals surface area contributed by atoms with Crippen LogP contribution in [0.3, 0.4) is 0 Å². The van der Waals surface area contributed by atoms with Gasteiger partial charge in [0.05, 0.1) is 24.3 Å². The molecule has 248 valence electrons. The van der Waals surface area contributed by atoms with E-state index in [0.717, 1.165) is 17.7 Å². The van der Waals surface area contributed by atoms with E-state index in [4.69, 9.17) is 35.3 Å². The zero-order chi connectivity index (χ0) is 34.4. The van der Waals surface area contributed by atoms with E-state index in [-0.39, 0.29) is 46.6 Å². The predicted molar refractivity (Wildman–Crippen MR) is 176 cm³/mol. The van der Waals surface area contributed by atoms with Crippen LogP contribution in [0.5, 0.6) is 0 Å². The maximum absolute atomic E-state index is 11.6. The van der Waals surface area contributed by atoms with Crippen LogP contribution in [0.2, 0.25) is 0 Å². The van der Waals surface area contributed by atoms with Gasteiger partial charge in [0, 0.05) is 6.07 Å². The molecule has 1 amide bonds. The molecule has 2 atom stereocenters. The van der Waals surface area contributed by atoms with Crippen LogP contribution in [0.1, 0.15) is 39.0 Å². The largest absolute Gasteiger partial charge is 0.480 e. The summed E-state index contributed by atoms with van der Waals surface area (Å²) in [5.41, 5.74) is 5.50. The summed E-state index contributed by atoms with van der Waals surface area (Å²) in [6.45, 7) is 2.10. The number of unbranched alkanes of at least 4 members (excludes halogenated alkanes) is 1. The lowest BCUT2D eigenvalue weighted by Crippen LogP contribution is -2.47. The number of carbonyl (C=O) groups is 4. The van der Waals surface area contributed by atoms with Gasteiger partial charge in [-0.25, -0.2) is 4.79 Å². The molecule has 1 aliphatic heterocycles. The number of hydrogen-bond acceptors (Lipinski definition) is 13. The third kappa shape index (κ3) is 16.5. The number of carboxylic acid groups (broad SMARTS) is 1. The van der Waals surface area contributed by atoms with Gasteiger partial charge < -0.3 is 36.3 Å². The lowest BCUT2D eigenvalue weighted by molar-refractivity contribution is -0.384. The monoisotopic (exact) mass is 687 g/mol. The van der Waals surface area contributed by atoms with E-state index in [2.05, 4.69) is 47.8 Å². The Morgan fingerprint density at radius 1 is 1.27 bits per heavy atom. The average Bonchev–Trinajstić information content (AvgIpc) is 3.28. The third-order valence-electron chi connectivity index (χ3n) is 5.60. The van der Waals surface area contributed by atoms with Gasteiger partial charge >= 0.3 is 17.9 Å². The second-order valence-corrected chi connectivity index (χ2v) is 9.80. The standard InChI is InChI=1S/C11H20N2O4S.C8H13N3O3S.C7H4N2O2S/c1-4-5-6-8(10(15)17-3)13-11(18)12-7-9(14)16-2;9-3-1-2-5-7(14)11(4-6(12)13)8(15)10-5;10-9(11)7-4-2-1-3-6(7)8-5-12/h8H,4-7H2,1-3H3,(H2,12,13,18);5H,1-4,9H2,(H,10,15)(H,12,13);1-4H/t;5-;/m.0./s1. The number of carboxylic acids is 1. The molecule has 45 heavy (non-hydrogen) atoms. The maximum Gasteiger partial charge on any atom is 0.328 e. The molecule has 6 N–H and O–H groups in total. The molecule has 1 aromatic carbocycles. The van der Waals surface area contributed by atoms with Crippen LogP contribution >= 0.6 is 36.7 Å². The first-order valence-corrected chi connectivity index (χ1v) is 14.6. The molecule has 16 nitrogen and oxygen atoms in total. The smallest absolute Gasteiger partial charge is 0.328 e. The highest BCUT2D eigenvalue weighted by atomic mass is 32.1. The second kappa shape index (κ2) is 23.3. The zero-order valence-electron chi connectivity index (χ0n) is 25.0. The van der Waals surface area contributed by atoms with E-state index in [1.807, 2.05) is 6.92 Å². The summed E-state index contributed by atoms with van der Waals surface area (Å²) in [5.74, 6) is -2.16. The summed E-state index contributed by atoms with van der Waals surface area (Å²) in [4.78, 5) is 59.0. The molecule has 1 unspecified atom stereocenters. The molecule has 0 radical (unpaired) electrons. The minimum absolute atomic E-state index is 0.0377. The Labute approximate surface area is 276 Å². The van der Waals surface area contributed by atoms with E-state index in [1.54, 1.807) is 12.1 Å². The van der Waals surface area contributed by atoms with E-state index in [0.29, 0.717) is 25.8 Å². The molecule has 1 aromatic rings. The van der Waals surface area contributed by atoms with Crippen LogP contribution in [0.4, 0.5) is 11.4 Å². The van der Waals surface area contributed by atoms with Crippen LogP contribution in [0.15, 0.2) is 29.3 Å². The third-order valence-corrected chi connectivity index (χ3v) is 6.29. The molecule has 0 bridgehead atoms. The van der Waals surface area contributed by atoms with Crippen molar-refractivity contribution in [1.29, 1.82) is 0 Å². The van der Waals surface area contributed by atoms with Crippen molar-refractivity contribution in [2.75, 3.05) is 33.9 Å². The number of aliphatic imine (C=N–C) groups is 1. The van der Waals surface area contributed by atoms with Crippen LogP contribution in [0.25, 0.3) is 0 Å². The number of benzene rings is 1. The Balaban J connectivity index is 0.000000657. The first-order valence-electron chi connectivity index (χ1n) is 13.4. The fourth-order valence-electron chi connectivity index (χ4n) is 3.38. The minimum Gasteiger partial charge on any atom is -0.480 e. The molecule has 0 saturated carbocycles. The SMILES string of the molecule is CCCCC(NC(=S)NCC(=O)OC)C(=O)OC.NCCC[C@@H]1NC(=S)N(CC(=O)O)C1=O.O=[N+]([O-])c1ccccc1N=C=S. The van der Waals surface area contributed by atoms with Crippen molar-refractivity contribution in [1.82, 2.24) is 20.9 Å². The van der Waals surface area contributed by atoms with Crippen molar-refractivity contribution >= 4 is 87.2 Å². The molecule has 1 heterocycles. The number of nitrogens with one attached hydrogen (secondary N) is 3. The van der Waals surface area contributed by atoms with Crippen molar-refractivity contribution in [2.24, 2.45) is 10.7 Å². The van der Waals surface area contributed by atoms with Crippen molar-refractivity contribution in [3.63, 3.8) is 0 Å². The number of esters is 2. The molecule has 0 aromatic heterocycles. The molecule has 19 heteroatoms. The highest BCUT2D eigenvalue weighted by Crippen LogP contribution is 2.25. The molecule has 1 saturated heterocycles. The average molecular weight is 688 g/mol. The van der Waals surface area contributed by atoms with Crippen LogP contribution < -0.4 is 21.7 Å². The Morgan fingerprint density at radius 3 is 2.47 bits per heavy atom. The summed E-state index contributed by atoms with van der Waals surface area (Å²) in [6, 6.07) is 5.19. The van der Waals surface area contributed by atoms with Gasteiger partial charge in [-0.15, -0.1) is 0 Å². The van der Waals surface area contributed by atoms with E-state index in [1.165, 1.54) is 26.4 Å².